The van der Waals surface area contributed by atoms with Crippen LogP contribution in [-0.2, 0) is 0 Å². The van der Waals surface area contributed by atoms with Crippen molar-refractivity contribution in [1.82, 2.24) is 4.57 Å². The molecule has 0 saturated heterocycles. The molecule has 0 aliphatic carbocycles. The number of rotatable bonds is 3. The van der Waals surface area contributed by atoms with E-state index in [4.69, 9.17) is 39.2 Å². The van der Waals surface area contributed by atoms with Crippen molar-refractivity contribution in [3.8, 4) is 27.9 Å². The molecule has 0 saturated carbocycles. The Bertz CT molecular complexity index is 1740. The largest absolute Gasteiger partial charge is 0.309 e. The predicted molar refractivity (Wildman–Crippen MR) is 159 cm³/mol. The fourth-order valence-electron chi connectivity index (χ4n) is 5.09. The summed E-state index contributed by atoms with van der Waals surface area (Å²) in [5.74, 6) is 0. The van der Waals surface area contributed by atoms with Crippen molar-refractivity contribution in [2.75, 3.05) is 0 Å². The zero-order valence-corrected chi connectivity index (χ0v) is 19.6. The lowest BCUT2D eigenvalue weighted by molar-refractivity contribution is 1.18. The molecular weight excluding hydrogens is 428 g/mol. The van der Waals surface area contributed by atoms with E-state index in [1.807, 2.05) is 18.2 Å². The first-order valence-electron chi connectivity index (χ1n) is 11.7. The summed E-state index contributed by atoms with van der Waals surface area (Å²) in [6, 6.07) is 33.5. The van der Waals surface area contributed by atoms with Gasteiger partial charge in [-0.3, -0.25) is 0 Å². The van der Waals surface area contributed by atoms with Crippen LogP contribution < -0.4 is 27.3 Å². The molecule has 6 heteroatoms. The van der Waals surface area contributed by atoms with Crippen molar-refractivity contribution in [2.24, 2.45) is 0 Å². The molecule has 0 unspecified atom stereocenters. The lowest BCUT2D eigenvalue weighted by atomic mass is 9.59. The van der Waals surface area contributed by atoms with Crippen molar-refractivity contribution in [3.63, 3.8) is 0 Å². The van der Waals surface area contributed by atoms with Gasteiger partial charge in [0.2, 0.25) is 0 Å². The van der Waals surface area contributed by atoms with Gasteiger partial charge in [0.05, 0.1) is 11.0 Å². The molecule has 36 heavy (non-hydrogen) atoms. The molecule has 0 bridgehead atoms. The molecule has 10 radical (unpaired) electrons. The molecule has 5 aromatic carbocycles. The number of aromatic nitrogens is 1. The molecule has 0 aliphatic heterocycles. The van der Waals surface area contributed by atoms with Crippen molar-refractivity contribution in [3.05, 3.63) is 97.1 Å². The summed E-state index contributed by atoms with van der Waals surface area (Å²) in [6.45, 7) is 0. The SMILES string of the molecule is [B]c1c([B])c([B])c(-c2ccc(-c3cccc4c3c3ccccc3n4-c3ccccc3)cc2)c([B])c1[B]. The number of nitrogens with zero attached hydrogens (tertiary/aromatic N) is 1. The molecule has 0 spiro atoms. The van der Waals surface area contributed by atoms with Crippen LogP contribution in [0.25, 0.3) is 49.7 Å². The molecule has 6 aromatic rings. The Hall–Kier alpha value is -3.78. The first kappa shape index (κ1) is 22.7. The van der Waals surface area contributed by atoms with E-state index in [1.165, 1.54) is 10.8 Å². The van der Waals surface area contributed by atoms with Crippen LogP contribution in [0.1, 0.15) is 0 Å². The maximum Gasteiger partial charge on any atom is 0.113 e. The minimum Gasteiger partial charge on any atom is -0.309 e. The summed E-state index contributed by atoms with van der Waals surface area (Å²) in [5, 5.41) is 2.40. The van der Waals surface area contributed by atoms with Gasteiger partial charge in [-0.25, -0.2) is 0 Å². The van der Waals surface area contributed by atoms with Gasteiger partial charge >= 0.3 is 0 Å². The van der Waals surface area contributed by atoms with Crippen molar-refractivity contribution in [2.45, 2.75) is 0 Å². The van der Waals surface area contributed by atoms with E-state index >= 15 is 0 Å². The molecule has 1 heterocycles. The minimum atomic E-state index is 0.215. The van der Waals surface area contributed by atoms with Crippen LogP contribution in [0.3, 0.4) is 0 Å². The molecule has 1 aromatic heterocycles. The zero-order valence-electron chi connectivity index (χ0n) is 19.6. The number of benzene rings is 5. The molecule has 0 fully saturated rings. The summed E-state index contributed by atoms with van der Waals surface area (Å²) >= 11 is 0. The molecular formula is C30H16B5N. The van der Waals surface area contributed by atoms with Crippen LogP contribution in [0.4, 0.5) is 0 Å². The molecule has 1 nitrogen and oxygen atoms in total. The van der Waals surface area contributed by atoms with E-state index in [0.717, 1.165) is 33.4 Å². The predicted octanol–water partition coefficient (Wildman–Crippen LogP) is 2.09. The van der Waals surface area contributed by atoms with E-state index < -0.39 is 0 Å². The van der Waals surface area contributed by atoms with Crippen molar-refractivity contribution in [1.29, 1.82) is 0 Å². The van der Waals surface area contributed by atoms with Crippen LogP contribution in [0.5, 0.6) is 0 Å². The maximum absolute atomic E-state index is 6.29. The molecule has 0 N–H and O–H groups in total. The smallest absolute Gasteiger partial charge is 0.113 e. The fourth-order valence-corrected chi connectivity index (χ4v) is 5.09. The van der Waals surface area contributed by atoms with Gasteiger partial charge in [-0.1, -0.05) is 83.7 Å². The maximum atomic E-state index is 6.29. The second kappa shape index (κ2) is 8.71. The van der Waals surface area contributed by atoms with Gasteiger partial charge in [-0.2, -0.15) is 0 Å². The fraction of sp³-hybridized carbons (Fsp3) is 0. The molecule has 6 rings (SSSR count). The Morgan fingerprint density at radius 3 is 1.69 bits per heavy atom. The van der Waals surface area contributed by atoms with E-state index in [9.17, 15) is 0 Å². The molecule has 0 aliphatic rings. The Morgan fingerprint density at radius 2 is 1.00 bits per heavy atom. The number of fused-ring (bicyclic) bond motifs is 3. The van der Waals surface area contributed by atoms with Gasteiger partial charge in [0.25, 0.3) is 0 Å². The summed E-state index contributed by atoms with van der Waals surface area (Å²) in [5.41, 5.74) is 8.46. The van der Waals surface area contributed by atoms with Gasteiger partial charge in [-0.15, -0.1) is 16.4 Å². The van der Waals surface area contributed by atoms with Crippen LogP contribution >= 0.6 is 0 Å². The lowest BCUT2D eigenvalue weighted by Gasteiger charge is -2.21. The minimum absolute atomic E-state index is 0.215. The Morgan fingerprint density at radius 1 is 0.444 bits per heavy atom. The summed E-state index contributed by atoms with van der Waals surface area (Å²) in [4.78, 5) is 0. The number of hydrogen-bond donors (Lipinski definition) is 0. The van der Waals surface area contributed by atoms with Gasteiger partial charge < -0.3 is 4.57 Å². The van der Waals surface area contributed by atoms with Gasteiger partial charge in [-0.05, 0) is 46.5 Å². The van der Waals surface area contributed by atoms with Crippen molar-refractivity contribution >= 4 is 88.4 Å². The highest BCUT2D eigenvalue weighted by molar-refractivity contribution is 6.68. The average molecular weight is 445 g/mol. The first-order chi connectivity index (χ1) is 17.5. The average Bonchev–Trinajstić information content (AvgIpc) is 3.26. The first-order valence-corrected chi connectivity index (χ1v) is 11.7. The highest BCUT2D eigenvalue weighted by Gasteiger charge is 2.16. The summed E-state index contributed by atoms with van der Waals surface area (Å²) in [7, 11) is 30.7. The lowest BCUT2D eigenvalue weighted by Crippen LogP contribution is -2.55. The standard InChI is InChI=1S/C30H16B5N/c31-26-24(27(32)29(34)30(35)28(26)33)18-15-13-17(14-16-18)20-10-6-12-23-25(20)21-9-4-5-11-22(21)36(23)19-7-2-1-3-8-19/h1-16H. The van der Waals surface area contributed by atoms with Crippen molar-refractivity contribution < 1.29 is 0 Å². The highest BCUT2D eigenvalue weighted by atomic mass is 15.0. The Labute approximate surface area is 217 Å². The second-order valence-corrected chi connectivity index (χ2v) is 8.91. The van der Waals surface area contributed by atoms with Crippen LogP contribution in [-0.4, -0.2) is 43.8 Å². The van der Waals surface area contributed by atoms with E-state index in [0.29, 0.717) is 16.5 Å². The highest BCUT2D eigenvalue weighted by Crippen LogP contribution is 2.38. The third-order valence-electron chi connectivity index (χ3n) is 6.90. The van der Waals surface area contributed by atoms with E-state index in [1.54, 1.807) is 0 Å². The summed E-state index contributed by atoms with van der Waals surface area (Å²) in [6.07, 6.45) is 0. The third kappa shape index (κ3) is 3.39. The van der Waals surface area contributed by atoms with Crippen LogP contribution in [0.2, 0.25) is 0 Å². The number of para-hydroxylation sites is 2. The molecule has 156 valence electrons. The van der Waals surface area contributed by atoms with E-state index in [-0.39, 0.29) is 16.4 Å². The normalized spacial score (nSPS) is 11.3. The third-order valence-corrected chi connectivity index (χ3v) is 6.90. The Kier molecular flexibility index (Phi) is 5.49. The van der Waals surface area contributed by atoms with Gasteiger partial charge in [0, 0.05) is 16.5 Å². The van der Waals surface area contributed by atoms with Crippen LogP contribution in [0.15, 0.2) is 97.1 Å². The van der Waals surface area contributed by atoms with Gasteiger partial charge in [0.1, 0.15) is 39.2 Å². The molecule has 0 amide bonds. The zero-order chi connectivity index (χ0) is 25.0. The Balaban J connectivity index is 1.56. The summed E-state index contributed by atoms with van der Waals surface area (Å²) < 4.78 is 2.31. The quantitative estimate of drug-likeness (QED) is 0.369. The topological polar surface area (TPSA) is 4.93 Å². The van der Waals surface area contributed by atoms with E-state index in [2.05, 4.69) is 83.4 Å². The monoisotopic (exact) mass is 445 g/mol. The van der Waals surface area contributed by atoms with Gasteiger partial charge in [0.15, 0.2) is 0 Å². The number of hydrogen-bond acceptors (Lipinski definition) is 0. The molecule has 0 atom stereocenters. The second-order valence-electron chi connectivity index (χ2n) is 8.91. The van der Waals surface area contributed by atoms with Crippen LogP contribution in [0, 0.1) is 0 Å².